The summed E-state index contributed by atoms with van der Waals surface area (Å²) < 4.78 is 14.4. The van der Waals surface area contributed by atoms with Crippen LogP contribution in [0.15, 0.2) is 72.0 Å². The van der Waals surface area contributed by atoms with Crippen LogP contribution in [0.25, 0.3) is 16.6 Å². The number of aliphatic imine (C=N–C) groups is 1. The summed E-state index contributed by atoms with van der Waals surface area (Å²) in [6, 6.07) is 15.1. The zero-order valence-electron chi connectivity index (χ0n) is 19.3. The minimum atomic E-state index is -0.223. The molecule has 0 aliphatic carbocycles. The van der Waals surface area contributed by atoms with Crippen molar-refractivity contribution in [3.05, 3.63) is 95.2 Å². The lowest BCUT2D eigenvalue weighted by Gasteiger charge is -2.14. The predicted molar refractivity (Wildman–Crippen MR) is 134 cm³/mol. The van der Waals surface area contributed by atoms with Crippen molar-refractivity contribution in [1.29, 1.82) is 0 Å². The highest BCUT2D eigenvalue weighted by Crippen LogP contribution is 2.32. The Balaban J connectivity index is 0.000000174. The van der Waals surface area contributed by atoms with Gasteiger partial charge in [0.05, 0.1) is 17.9 Å². The maximum Gasteiger partial charge on any atom is 0.123 e. The van der Waals surface area contributed by atoms with Crippen molar-refractivity contribution in [1.82, 2.24) is 20.1 Å². The number of nitrogens with zero attached hydrogens (tertiary/aromatic N) is 3. The molecule has 3 heterocycles. The Morgan fingerprint density at radius 1 is 1.15 bits per heavy atom. The van der Waals surface area contributed by atoms with E-state index in [1.807, 2.05) is 37.8 Å². The molecule has 6 heteroatoms. The number of nitrogens with one attached hydrogen (secondary N) is 2. The molecule has 0 saturated carbocycles. The Morgan fingerprint density at radius 3 is 2.64 bits per heavy atom. The van der Waals surface area contributed by atoms with Crippen molar-refractivity contribution in [3.8, 4) is 0 Å². The van der Waals surface area contributed by atoms with E-state index in [0.29, 0.717) is 0 Å². The molecule has 1 unspecified atom stereocenters. The summed E-state index contributed by atoms with van der Waals surface area (Å²) in [5, 5.41) is 9.32. The second kappa shape index (κ2) is 10.4. The number of benzene rings is 2. The van der Waals surface area contributed by atoms with Gasteiger partial charge in [-0.2, -0.15) is 5.10 Å². The van der Waals surface area contributed by atoms with E-state index in [1.54, 1.807) is 18.3 Å². The summed E-state index contributed by atoms with van der Waals surface area (Å²) in [6.45, 7) is 4.80. The molecule has 0 spiro atoms. The van der Waals surface area contributed by atoms with Crippen LogP contribution in [-0.2, 0) is 13.5 Å². The van der Waals surface area contributed by atoms with Crippen LogP contribution in [0.2, 0.25) is 0 Å². The van der Waals surface area contributed by atoms with Gasteiger partial charge in [-0.05, 0) is 74.7 Å². The third-order valence-electron chi connectivity index (χ3n) is 5.83. The monoisotopic (exact) mass is 443 g/mol. The van der Waals surface area contributed by atoms with E-state index < -0.39 is 0 Å². The Hall–Kier alpha value is -3.51. The highest BCUT2D eigenvalue weighted by molar-refractivity contribution is 5.85. The number of halogens is 1. The molecule has 0 radical (unpaired) electrons. The summed E-state index contributed by atoms with van der Waals surface area (Å²) in [5.74, 6) is -0.223. The molecule has 5 rings (SSSR count). The number of aromatic nitrogens is 3. The highest BCUT2D eigenvalue weighted by atomic mass is 19.1. The van der Waals surface area contributed by atoms with Crippen LogP contribution in [0, 0.1) is 5.82 Å². The van der Waals surface area contributed by atoms with Crippen molar-refractivity contribution < 1.29 is 4.39 Å². The second-order valence-electron chi connectivity index (χ2n) is 8.07. The number of H-pyrrole nitrogens is 1. The summed E-state index contributed by atoms with van der Waals surface area (Å²) in [5.41, 5.74) is 7.01. The molecular formula is C27H30FN5. The molecular weight excluding hydrogens is 413 g/mol. The van der Waals surface area contributed by atoms with E-state index in [1.165, 1.54) is 46.3 Å². The fourth-order valence-electron chi connectivity index (χ4n) is 4.30. The summed E-state index contributed by atoms with van der Waals surface area (Å²) >= 11 is 0. The zero-order valence-corrected chi connectivity index (χ0v) is 19.3. The smallest absolute Gasteiger partial charge is 0.123 e. The van der Waals surface area contributed by atoms with E-state index >= 15 is 0 Å². The topological polar surface area (TPSA) is 58.0 Å². The van der Waals surface area contributed by atoms with Gasteiger partial charge in [0.1, 0.15) is 5.82 Å². The number of hydrogen-bond donors (Lipinski definition) is 2. The normalized spacial score (nSPS) is 16.4. The Morgan fingerprint density at radius 2 is 1.94 bits per heavy atom. The Bertz CT molecular complexity index is 1260. The molecule has 0 saturated heterocycles. The molecule has 0 amide bonds. The van der Waals surface area contributed by atoms with Gasteiger partial charge in [-0.1, -0.05) is 24.3 Å². The third kappa shape index (κ3) is 5.12. The molecule has 1 atom stereocenters. The van der Waals surface area contributed by atoms with Gasteiger partial charge in [0, 0.05) is 41.6 Å². The molecule has 5 nitrogen and oxygen atoms in total. The Kier molecular flexibility index (Phi) is 7.15. The highest BCUT2D eigenvalue weighted by Gasteiger charge is 2.24. The molecule has 0 bridgehead atoms. The molecule has 0 fully saturated rings. The minimum absolute atomic E-state index is 0.216. The lowest BCUT2D eigenvalue weighted by molar-refractivity contribution is 0.600. The van der Waals surface area contributed by atoms with Crippen molar-refractivity contribution in [3.63, 3.8) is 0 Å². The number of para-hydroxylation sites is 1. The average Bonchev–Trinajstić information content (AvgIpc) is 3.36. The maximum absolute atomic E-state index is 12.6. The van der Waals surface area contributed by atoms with Crippen molar-refractivity contribution in [2.24, 2.45) is 12.0 Å². The van der Waals surface area contributed by atoms with Gasteiger partial charge >= 0.3 is 0 Å². The van der Waals surface area contributed by atoms with Crippen LogP contribution in [0.5, 0.6) is 0 Å². The van der Waals surface area contributed by atoms with E-state index in [0.717, 1.165) is 24.2 Å². The number of rotatable bonds is 3. The molecule has 4 aromatic rings. The molecule has 2 N–H and O–H groups in total. The fraction of sp³-hybridized carbons (Fsp3) is 0.259. The third-order valence-corrected chi connectivity index (χ3v) is 5.83. The SMILES string of the molecule is CC=N/C(=C\C)c1ccc(F)cc1.Cn1cc(C2NCCCc3c2[nH]c2ccccc32)cn1. The number of hydrogen-bond acceptors (Lipinski definition) is 3. The quantitative estimate of drug-likeness (QED) is 0.393. The van der Waals surface area contributed by atoms with Gasteiger partial charge < -0.3 is 10.3 Å². The van der Waals surface area contributed by atoms with E-state index in [4.69, 9.17) is 0 Å². The van der Waals surface area contributed by atoms with Crippen LogP contribution < -0.4 is 5.32 Å². The van der Waals surface area contributed by atoms with Crippen LogP contribution in [-0.4, -0.2) is 27.5 Å². The van der Waals surface area contributed by atoms with Gasteiger partial charge in [-0.15, -0.1) is 0 Å². The minimum Gasteiger partial charge on any atom is -0.357 e. The first-order valence-corrected chi connectivity index (χ1v) is 11.3. The number of aryl methyl sites for hydroxylation is 2. The number of fused-ring (bicyclic) bond motifs is 3. The lowest BCUT2D eigenvalue weighted by atomic mass is 10.0. The first-order valence-electron chi connectivity index (χ1n) is 11.3. The maximum atomic E-state index is 12.6. The van der Waals surface area contributed by atoms with Gasteiger partial charge in [-0.3, -0.25) is 9.67 Å². The van der Waals surface area contributed by atoms with Gasteiger partial charge in [0.25, 0.3) is 0 Å². The second-order valence-corrected chi connectivity index (χ2v) is 8.07. The van der Waals surface area contributed by atoms with Gasteiger partial charge in [-0.25, -0.2) is 4.39 Å². The van der Waals surface area contributed by atoms with E-state index in [2.05, 4.69) is 50.9 Å². The average molecular weight is 444 g/mol. The molecule has 2 aromatic heterocycles. The largest absolute Gasteiger partial charge is 0.357 e. The van der Waals surface area contributed by atoms with Crippen LogP contribution in [0.1, 0.15) is 48.7 Å². The van der Waals surface area contributed by atoms with Gasteiger partial charge in [0.15, 0.2) is 0 Å². The first-order chi connectivity index (χ1) is 16.1. The summed E-state index contributed by atoms with van der Waals surface area (Å²) in [4.78, 5) is 7.77. The predicted octanol–water partition coefficient (Wildman–Crippen LogP) is 5.80. The molecule has 1 aliphatic rings. The summed E-state index contributed by atoms with van der Waals surface area (Å²) in [6.07, 6.45) is 9.97. The van der Waals surface area contributed by atoms with Crippen molar-refractivity contribution in [2.75, 3.05) is 6.54 Å². The van der Waals surface area contributed by atoms with Crippen molar-refractivity contribution in [2.45, 2.75) is 32.7 Å². The van der Waals surface area contributed by atoms with Crippen LogP contribution in [0.3, 0.4) is 0 Å². The zero-order chi connectivity index (χ0) is 23.2. The number of aromatic amines is 1. The van der Waals surface area contributed by atoms with Crippen LogP contribution in [0.4, 0.5) is 4.39 Å². The van der Waals surface area contributed by atoms with Crippen LogP contribution >= 0.6 is 0 Å². The van der Waals surface area contributed by atoms with E-state index in [9.17, 15) is 4.39 Å². The fourth-order valence-corrected chi connectivity index (χ4v) is 4.30. The summed E-state index contributed by atoms with van der Waals surface area (Å²) in [7, 11) is 1.96. The molecule has 1 aliphatic heterocycles. The van der Waals surface area contributed by atoms with E-state index in [-0.39, 0.29) is 11.9 Å². The Labute approximate surface area is 194 Å². The molecule has 170 valence electrons. The van der Waals surface area contributed by atoms with Crippen molar-refractivity contribution >= 4 is 22.8 Å². The number of allylic oxidation sites excluding steroid dienone is 1. The first kappa shape index (κ1) is 22.7. The standard InChI is InChI=1S/C16H18N4.C11H12FN/c1-20-10-11(9-18-20)15-16-13(6-4-8-17-15)12-5-2-3-7-14(12)19-16;1-3-11(13-4-2)9-5-7-10(12)8-6-9/h2-3,5,7,9-10,15,17,19H,4,6,8H2,1H3;3-8H,1-2H3/b;11-3-,13-4?. The molecule has 33 heavy (non-hydrogen) atoms. The van der Waals surface area contributed by atoms with Gasteiger partial charge in [0.2, 0.25) is 0 Å². The lowest BCUT2D eigenvalue weighted by Crippen LogP contribution is -2.22. The molecule has 2 aromatic carbocycles.